The van der Waals surface area contributed by atoms with E-state index in [-0.39, 0.29) is 30.0 Å². The summed E-state index contributed by atoms with van der Waals surface area (Å²) >= 11 is 0. The van der Waals surface area contributed by atoms with Crippen molar-refractivity contribution in [2.24, 2.45) is 0 Å². The summed E-state index contributed by atoms with van der Waals surface area (Å²) in [4.78, 5) is 38.0. The molecule has 3 heterocycles. The molecule has 0 radical (unpaired) electrons. The number of imidazole rings is 1. The van der Waals surface area contributed by atoms with Crippen LogP contribution in [-0.4, -0.2) is 69.1 Å². The molecule has 2 aliphatic rings. The van der Waals surface area contributed by atoms with Crippen molar-refractivity contribution in [3.8, 4) is 0 Å². The highest BCUT2D eigenvalue weighted by atomic mass is 31.2. The average Bonchev–Trinajstić information content (AvgIpc) is 3.35. The molecule has 0 bridgehead atoms. The van der Waals surface area contributed by atoms with Crippen LogP contribution in [-0.2, 0) is 20.6 Å². The maximum Gasteiger partial charge on any atom is 0.392 e. The van der Waals surface area contributed by atoms with Crippen LogP contribution in [0.1, 0.15) is 25.7 Å². The number of hydrogen-bond acceptors (Lipinski definition) is 10. The minimum atomic E-state index is -6.58. The Labute approximate surface area is 199 Å². The highest BCUT2D eigenvalue weighted by Gasteiger charge is 2.58. The normalized spacial score (nSPS) is 19.2. The van der Waals surface area contributed by atoms with E-state index in [1.807, 2.05) is 4.90 Å². The molecule has 1 saturated carbocycles. The first-order valence-corrected chi connectivity index (χ1v) is 12.2. The number of ether oxygens (including phenoxy) is 2. The van der Waals surface area contributed by atoms with Crippen LogP contribution in [0.2, 0.25) is 0 Å². The van der Waals surface area contributed by atoms with Gasteiger partial charge in [0.05, 0.1) is 44.5 Å². The summed E-state index contributed by atoms with van der Waals surface area (Å²) in [7, 11) is -6.58. The van der Waals surface area contributed by atoms with Gasteiger partial charge in [-0.3, -0.25) is 0 Å². The second kappa shape index (κ2) is 8.97. The first-order chi connectivity index (χ1) is 16.5. The zero-order valence-electron chi connectivity index (χ0n) is 18.5. The Bertz CT molecular complexity index is 1140. The molecule has 2 aromatic rings. The number of alkyl halides is 6. The molecule has 202 valence electrons. The van der Waals surface area contributed by atoms with E-state index in [2.05, 4.69) is 15.0 Å². The molecular weight excluding hydrogens is 525 g/mol. The molecule has 11 nitrogen and oxygen atoms in total. The Hall–Kier alpha value is -2.20. The number of nitrogen functional groups attached to an aromatic ring is 1. The average molecular weight is 546 g/mol. The minimum Gasteiger partial charge on any atom is -0.809 e. The van der Waals surface area contributed by atoms with E-state index < -0.39 is 50.3 Å². The third-order valence-electron chi connectivity index (χ3n) is 5.90. The monoisotopic (exact) mass is 546 g/mol. The Balaban J connectivity index is 1.69. The van der Waals surface area contributed by atoms with Crippen molar-refractivity contribution >= 4 is 30.5 Å². The van der Waals surface area contributed by atoms with Gasteiger partial charge in [0.2, 0.25) is 5.95 Å². The SMILES string of the molecule is Nc1nc(N2CCOCC2)c2ncn(CC3(OC(CC(F)(F)F)(CC(F)(F)F)P(=O)([O-])[O-])CC3)c2n1. The maximum absolute atomic E-state index is 13.2. The van der Waals surface area contributed by atoms with Gasteiger partial charge in [-0.2, -0.15) is 36.3 Å². The van der Waals surface area contributed by atoms with Gasteiger partial charge in [0, 0.05) is 13.1 Å². The highest BCUT2D eigenvalue weighted by molar-refractivity contribution is 7.50. The number of aromatic nitrogens is 4. The molecule has 2 aromatic heterocycles. The van der Waals surface area contributed by atoms with Gasteiger partial charge >= 0.3 is 12.4 Å². The van der Waals surface area contributed by atoms with E-state index in [0.29, 0.717) is 32.1 Å². The largest absolute Gasteiger partial charge is 0.809 e. The molecule has 2 N–H and O–H groups in total. The molecule has 0 atom stereocenters. The fourth-order valence-electron chi connectivity index (χ4n) is 4.21. The number of nitrogens with two attached hydrogens (primary N) is 1. The van der Waals surface area contributed by atoms with Crippen molar-refractivity contribution in [3.05, 3.63) is 6.33 Å². The number of rotatable bonds is 8. The summed E-state index contributed by atoms with van der Waals surface area (Å²) in [5, 5.41) is -4.07. The first kappa shape index (κ1) is 26.9. The van der Waals surface area contributed by atoms with Crippen LogP contribution in [0.25, 0.3) is 11.2 Å². The van der Waals surface area contributed by atoms with Crippen LogP contribution >= 0.6 is 7.60 Å². The summed E-state index contributed by atoms with van der Waals surface area (Å²) in [6, 6.07) is 0. The number of anilines is 2. The lowest BCUT2D eigenvalue weighted by molar-refractivity contribution is -0.347. The van der Waals surface area contributed by atoms with E-state index >= 15 is 0 Å². The summed E-state index contributed by atoms with van der Waals surface area (Å²) in [6.07, 6.45) is -15.0. The summed E-state index contributed by atoms with van der Waals surface area (Å²) < 4.78 is 103. The zero-order valence-corrected chi connectivity index (χ0v) is 19.4. The Morgan fingerprint density at radius 1 is 1.08 bits per heavy atom. The van der Waals surface area contributed by atoms with Crippen molar-refractivity contribution in [2.45, 2.75) is 55.5 Å². The van der Waals surface area contributed by atoms with Crippen molar-refractivity contribution in [2.75, 3.05) is 36.9 Å². The molecule has 1 aliphatic carbocycles. The second-order valence-corrected chi connectivity index (χ2v) is 10.7. The number of morpholine rings is 1. The van der Waals surface area contributed by atoms with Gasteiger partial charge in [0.15, 0.2) is 17.0 Å². The van der Waals surface area contributed by atoms with Crippen LogP contribution < -0.4 is 20.4 Å². The van der Waals surface area contributed by atoms with Gasteiger partial charge < -0.3 is 39.0 Å². The first-order valence-electron chi connectivity index (χ1n) is 10.7. The molecule has 18 heteroatoms. The standard InChI is InChI=1S/C18H23F6N6O5P/c19-17(20,21)7-16(36(31,32)33,8-18(22,23)24)35-15(1-2-15)9-30-10-26-11-12(27-14(25)28-13(11)30)29-3-5-34-6-4-29/h10H,1-9H2,(H2,25,27,28)(H2,31,32,33)/p-2. The molecule has 4 rings (SSSR count). The van der Waals surface area contributed by atoms with E-state index in [1.54, 1.807) is 0 Å². The van der Waals surface area contributed by atoms with E-state index in [9.17, 15) is 40.7 Å². The fourth-order valence-corrected chi connectivity index (χ4v) is 5.26. The summed E-state index contributed by atoms with van der Waals surface area (Å²) in [5.41, 5.74) is 4.39. The third kappa shape index (κ3) is 5.85. The lowest BCUT2D eigenvalue weighted by atomic mass is 10.1. The van der Waals surface area contributed by atoms with Crippen LogP contribution in [0.5, 0.6) is 0 Å². The van der Waals surface area contributed by atoms with Crippen molar-refractivity contribution in [1.29, 1.82) is 0 Å². The van der Waals surface area contributed by atoms with Crippen LogP contribution in [0.3, 0.4) is 0 Å². The van der Waals surface area contributed by atoms with Crippen molar-refractivity contribution in [1.82, 2.24) is 19.5 Å². The number of halogens is 6. The number of fused-ring (bicyclic) bond motifs is 1. The van der Waals surface area contributed by atoms with Crippen molar-refractivity contribution < 1.29 is 50.2 Å². The minimum absolute atomic E-state index is 0.0962. The number of nitrogens with zero attached hydrogens (tertiary/aromatic N) is 5. The highest BCUT2D eigenvalue weighted by Crippen LogP contribution is 2.60. The molecule has 2 fully saturated rings. The molecule has 1 saturated heterocycles. The molecule has 1 aliphatic heterocycles. The lowest BCUT2D eigenvalue weighted by Crippen LogP contribution is -2.51. The molecule has 0 aromatic carbocycles. The van der Waals surface area contributed by atoms with Gasteiger partial charge in [0.1, 0.15) is 5.34 Å². The summed E-state index contributed by atoms with van der Waals surface area (Å²) in [6.45, 7) is 1.33. The topological polar surface area (TPSA) is 155 Å². The van der Waals surface area contributed by atoms with Gasteiger partial charge in [-0.25, -0.2) is 4.98 Å². The van der Waals surface area contributed by atoms with Crippen LogP contribution in [0.4, 0.5) is 38.1 Å². The smallest absolute Gasteiger partial charge is 0.392 e. The molecule has 0 unspecified atom stereocenters. The molecular formula is C18H21F6N6O5P-2. The van der Waals surface area contributed by atoms with Gasteiger partial charge in [-0.15, -0.1) is 0 Å². The molecule has 0 amide bonds. The summed E-state index contributed by atoms with van der Waals surface area (Å²) in [5.74, 6) is 0.195. The molecule has 36 heavy (non-hydrogen) atoms. The predicted octanol–water partition coefficient (Wildman–Crippen LogP) is 1.31. The van der Waals surface area contributed by atoms with Gasteiger partial charge in [-0.1, -0.05) is 0 Å². The predicted molar refractivity (Wildman–Crippen MR) is 107 cm³/mol. The quantitative estimate of drug-likeness (QED) is 0.379. The Morgan fingerprint density at radius 3 is 2.17 bits per heavy atom. The van der Waals surface area contributed by atoms with Crippen LogP contribution in [0.15, 0.2) is 6.33 Å². The Kier molecular flexibility index (Phi) is 6.69. The molecule has 0 spiro atoms. The third-order valence-corrected chi connectivity index (χ3v) is 7.30. The second-order valence-electron chi connectivity index (χ2n) is 8.86. The van der Waals surface area contributed by atoms with E-state index in [0.717, 1.165) is 0 Å². The van der Waals surface area contributed by atoms with Gasteiger partial charge in [0.25, 0.3) is 0 Å². The maximum atomic E-state index is 13.2. The van der Waals surface area contributed by atoms with E-state index in [1.165, 1.54) is 10.9 Å². The number of hydrogen-bond donors (Lipinski definition) is 1. The zero-order chi connectivity index (χ0) is 26.6. The van der Waals surface area contributed by atoms with Gasteiger partial charge in [-0.05, 0) is 20.4 Å². The fraction of sp³-hybridized carbons (Fsp3) is 0.722. The lowest BCUT2D eigenvalue weighted by Gasteiger charge is -2.51. The van der Waals surface area contributed by atoms with Crippen molar-refractivity contribution in [3.63, 3.8) is 0 Å². The van der Waals surface area contributed by atoms with E-state index in [4.69, 9.17) is 15.2 Å². The van der Waals surface area contributed by atoms with Crippen LogP contribution in [0, 0.1) is 0 Å². The Morgan fingerprint density at radius 2 is 1.67 bits per heavy atom.